The van der Waals surface area contributed by atoms with Crippen LogP contribution in [0.1, 0.15) is 46.3 Å². The zero-order chi connectivity index (χ0) is 15.4. The third-order valence-corrected chi connectivity index (χ3v) is 5.15. The Morgan fingerprint density at radius 1 is 1.62 bits per heavy atom. The SMILES string of the molecule is C#CCC(NC(=O)c1cc2c(s1)CCC(CC)C2)C(=O)O. The average molecular weight is 305 g/mol. The standard InChI is InChI=1S/C16H19NO3S/c1-3-5-12(16(19)20)17-15(18)14-9-11-8-10(4-2)6-7-13(11)21-14/h1,9-10,12H,4-8H2,2H3,(H,17,18)(H,19,20). The monoisotopic (exact) mass is 305 g/mol. The maximum atomic E-state index is 12.2. The van der Waals surface area contributed by atoms with Crippen molar-refractivity contribution in [2.24, 2.45) is 5.92 Å². The summed E-state index contributed by atoms with van der Waals surface area (Å²) in [5.74, 6) is 1.52. The fraction of sp³-hybridized carbons (Fsp3) is 0.500. The summed E-state index contributed by atoms with van der Waals surface area (Å²) in [5, 5.41) is 11.5. The normalized spacial score (nSPS) is 18.4. The number of hydrogen-bond donors (Lipinski definition) is 2. The van der Waals surface area contributed by atoms with Crippen LogP contribution in [0.5, 0.6) is 0 Å². The van der Waals surface area contributed by atoms with Crippen molar-refractivity contribution in [2.75, 3.05) is 0 Å². The molecule has 1 aromatic rings. The summed E-state index contributed by atoms with van der Waals surface area (Å²) in [6, 6.07) is 0.886. The molecule has 1 heterocycles. The quantitative estimate of drug-likeness (QED) is 0.821. The highest BCUT2D eigenvalue weighted by atomic mass is 32.1. The van der Waals surface area contributed by atoms with Crippen molar-refractivity contribution in [1.82, 2.24) is 5.32 Å². The molecule has 4 nitrogen and oxygen atoms in total. The first-order chi connectivity index (χ1) is 10.0. The topological polar surface area (TPSA) is 66.4 Å². The lowest BCUT2D eigenvalue weighted by atomic mass is 9.87. The van der Waals surface area contributed by atoms with Gasteiger partial charge in [0.2, 0.25) is 0 Å². The highest BCUT2D eigenvalue weighted by Gasteiger charge is 2.24. The number of terminal acetylenes is 1. The summed E-state index contributed by atoms with van der Waals surface area (Å²) in [6.45, 7) is 2.19. The van der Waals surface area contributed by atoms with Crippen LogP contribution in [0.2, 0.25) is 0 Å². The third kappa shape index (κ3) is 3.64. The molecular weight excluding hydrogens is 286 g/mol. The molecule has 5 heteroatoms. The second-order valence-electron chi connectivity index (χ2n) is 5.35. The van der Waals surface area contributed by atoms with Crippen molar-refractivity contribution in [3.63, 3.8) is 0 Å². The van der Waals surface area contributed by atoms with Crippen LogP contribution in [0.4, 0.5) is 0 Å². The van der Waals surface area contributed by atoms with Gasteiger partial charge in [-0.3, -0.25) is 4.79 Å². The second kappa shape index (κ2) is 6.77. The Morgan fingerprint density at radius 2 is 2.38 bits per heavy atom. The fourth-order valence-corrected chi connectivity index (χ4v) is 3.72. The van der Waals surface area contributed by atoms with E-state index in [4.69, 9.17) is 11.5 Å². The van der Waals surface area contributed by atoms with Gasteiger partial charge < -0.3 is 10.4 Å². The van der Waals surface area contributed by atoms with Crippen molar-refractivity contribution in [3.8, 4) is 12.3 Å². The Labute approximate surface area is 128 Å². The lowest BCUT2D eigenvalue weighted by molar-refractivity contribution is -0.139. The van der Waals surface area contributed by atoms with Crippen LogP contribution in [0.15, 0.2) is 6.07 Å². The van der Waals surface area contributed by atoms with Crippen LogP contribution >= 0.6 is 11.3 Å². The molecule has 0 fully saturated rings. The predicted octanol–water partition coefficient (Wildman–Crippen LogP) is 2.47. The van der Waals surface area contributed by atoms with E-state index in [9.17, 15) is 9.59 Å². The number of aryl methyl sites for hydroxylation is 1. The molecule has 112 valence electrons. The van der Waals surface area contributed by atoms with E-state index < -0.39 is 12.0 Å². The Morgan fingerprint density at radius 3 is 3.00 bits per heavy atom. The van der Waals surface area contributed by atoms with Gasteiger partial charge in [-0.05, 0) is 36.8 Å². The lowest BCUT2D eigenvalue weighted by Gasteiger charge is -2.19. The summed E-state index contributed by atoms with van der Waals surface area (Å²) in [4.78, 5) is 25.0. The van der Waals surface area contributed by atoms with E-state index in [-0.39, 0.29) is 12.3 Å². The summed E-state index contributed by atoms with van der Waals surface area (Å²) in [6.07, 6.45) is 9.47. The van der Waals surface area contributed by atoms with Gasteiger partial charge in [0, 0.05) is 11.3 Å². The molecule has 1 amide bonds. The number of amides is 1. The molecule has 1 aromatic heterocycles. The minimum Gasteiger partial charge on any atom is -0.480 e. The van der Waals surface area contributed by atoms with Gasteiger partial charge in [0.15, 0.2) is 0 Å². The molecule has 1 aliphatic rings. The Hall–Kier alpha value is -1.80. The van der Waals surface area contributed by atoms with Crippen LogP contribution in [0.3, 0.4) is 0 Å². The molecule has 0 aliphatic heterocycles. The van der Waals surface area contributed by atoms with Crippen LogP contribution in [0.25, 0.3) is 0 Å². The highest BCUT2D eigenvalue weighted by molar-refractivity contribution is 7.14. The van der Waals surface area contributed by atoms with Gasteiger partial charge in [-0.1, -0.05) is 13.3 Å². The molecule has 2 rings (SSSR count). The van der Waals surface area contributed by atoms with Gasteiger partial charge in [0.05, 0.1) is 4.88 Å². The predicted molar refractivity (Wildman–Crippen MR) is 82.5 cm³/mol. The molecule has 0 saturated heterocycles. The van der Waals surface area contributed by atoms with Gasteiger partial charge in [-0.2, -0.15) is 0 Å². The number of carboxylic acid groups (broad SMARTS) is 1. The lowest BCUT2D eigenvalue weighted by Crippen LogP contribution is -2.40. The van der Waals surface area contributed by atoms with Gasteiger partial charge in [-0.25, -0.2) is 4.79 Å². The van der Waals surface area contributed by atoms with Crippen LogP contribution < -0.4 is 5.32 Å². The van der Waals surface area contributed by atoms with E-state index in [2.05, 4.69) is 18.2 Å². The van der Waals surface area contributed by atoms with E-state index in [1.165, 1.54) is 28.2 Å². The molecule has 0 radical (unpaired) electrons. The number of nitrogens with one attached hydrogen (secondary N) is 1. The first kappa shape index (κ1) is 15.6. The summed E-state index contributed by atoms with van der Waals surface area (Å²) in [5.41, 5.74) is 1.24. The summed E-state index contributed by atoms with van der Waals surface area (Å²) >= 11 is 1.47. The minimum atomic E-state index is -1.10. The number of carbonyl (C=O) groups excluding carboxylic acids is 1. The zero-order valence-electron chi connectivity index (χ0n) is 12.0. The van der Waals surface area contributed by atoms with Gasteiger partial charge >= 0.3 is 5.97 Å². The Kier molecular flexibility index (Phi) is 5.03. The summed E-state index contributed by atoms with van der Waals surface area (Å²) < 4.78 is 0. The molecule has 0 spiro atoms. The first-order valence-corrected chi connectivity index (χ1v) is 7.95. The maximum absolute atomic E-state index is 12.2. The molecule has 2 atom stereocenters. The van der Waals surface area contributed by atoms with Crippen molar-refractivity contribution in [1.29, 1.82) is 0 Å². The number of thiophene rings is 1. The van der Waals surface area contributed by atoms with Gasteiger partial charge in [0.1, 0.15) is 6.04 Å². The van der Waals surface area contributed by atoms with Crippen molar-refractivity contribution >= 4 is 23.2 Å². The molecule has 2 unspecified atom stereocenters. The van der Waals surface area contributed by atoms with Gasteiger partial charge in [0.25, 0.3) is 5.91 Å². The largest absolute Gasteiger partial charge is 0.480 e. The van der Waals surface area contributed by atoms with Crippen LogP contribution in [-0.2, 0) is 17.6 Å². The zero-order valence-corrected chi connectivity index (χ0v) is 12.8. The third-order valence-electron chi connectivity index (χ3n) is 3.91. The average Bonchev–Trinajstić information content (AvgIpc) is 2.89. The number of aliphatic carboxylic acids is 1. The Bertz CT molecular complexity index is 585. The van der Waals surface area contributed by atoms with E-state index in [0.29, 0.717) is 10.8 Å². The minimum absolute atomic E-state index is 0.00985. The first-order valence-electron chi connectivity index (χ1n) is 7.13. The van der Waals surface area contributed by atoms with E-state index in [0.717, 1.165) is 19.3 Å². The molecule has 21 heavy (non-hydrogen) atoms. The van der Waals surface area contributed by atoms with Crippen molar-refractivity contribution in [3.05, 3.63) is 21.4 Å². The number of rotatable bonds is 5. The number of carboxylic acids is 1. The molecule has 0 aromatic carbocycles. The van der Waals surface area contributed by atoms with E-state index >= 15 is 0 Å². The van der Waals surface area contributed by atoms with E-state index in [1.54, 1.807) is 0 Å². The second-order valence-corrected chi connectivity index (χ2v) is 6.49. The highest BCUT2D eigenvalue weighted by Crippen LogP contribution is 2.33. The van der Waals surface area contributed by atoms with Crippen LogP contribution in [-0.4, -0.2) is 23.0 Å². The van der Waals surface area contributed by atoms with E-state index in [1.807, 2.05) is 6.07 Å². The molecule has 0 saturated carbocycles. The molecule has 0 bridgehead atoms. The number of hydrogen-bond acceptors (Lipinski definition) is 3. The fourth-order valence-electron chi connectivity index (χ4n) is 2.61. The smallest absolute Gasteiger partial charge is 0.327 e. The number of fused-ring (bicyclic) bond motifs is 1. The number of carbonyl (C=O) groups is 2. The van der Waals surface area contributed by atoms with Crippen molar-refractivity contribution in [2.45, 2.75) is 45.1 Å². The van der Waals surface area contributed by atoms with Gasteiger partial charge in [-0.15, -0.1) is 23.7 Å². The van der Waals surface area contributed by atoms with Crippen LogP contribution in [0, 0.1) is 18.3 Å². The Balaban J connectivity index is 2.09. The van der Waals surface area contributed by atoms with Crippen molar-refractivity contribution < 1.29 is 14.7 Å². The maximum Gasteiger partial charge on any atom is 0.327 e. The molecular formula is C16H19NO3S. The summed E-state index contributed by atoms with van der Waals surface area (Å²) in [7, 11) is 0. The molecule has 1 aliphatic carbocycles. The molecule has 2 N–H and O–H groups in total.